The first-order valence-electron chi connectivity index (χ1n) is 14.5. The number of aromatic nitrogens is 1. The Hall–Kier alpha value is -3.95. The molecule has 0 saturated carbocycles. The van der Waals surface area contributed by atoms with Crippen molar-refractivity contribution in [1.29, 1.82) is 0 Å². The molecule has 3 aromatic carbocycles. The van der Waals surface area contributed by atoms with Crippen LogP contribution in [-0.4, -0.2) is 60.7 Å². The zero-order valence-corrected chi connectivity index (χ0v) is 23.2. The molecule has 4 heterocycles. The van der Waals surface area contributed by atoms with E-state index in [0.29, 0.717) is 54.1 Å². The minimum absolute atomic E-state index is 0.0136. The third-order valence-corrected chi connectivity index (χ3v) is 9.00. The van der Waals surface area contributed by atoms with Crippen LogP contribution in [0.1, 0.15) is 42.5 Å². The van der Waals surface area contributed by atoms with Crippen LogP contribution in [0.2, 0.25) is 0 Å². The standard InChI is InChI=1S/C32H34FN5O3/c1-36-12-4-7-22(36)8-11-35-32(40)24-18-38-26-15-19-5-2-3-6-20(19)16-27(26)41-31-28(38)23(30(24)39)17-25(33)29(31)37-13-9-21(34)10-14-37/h2-3,5-6,15-18,21-22H,4,7-14,34H2,1H3,(H,35,40). The highest BCUT2D eigenvalue weighted by Gasteiger charge is 2.32. The quantitative estimate of drug-likeness (QED) is 0.331. The number of nitrogens with one attached hydrogen (secondary N) is 1. The predicted octanol–water partition coefficient (Wildman–Crippen LogP) is 4.53. The number of hydrogen-bond acceptors (Lipinski definition) is 6. The Morgan fingerprint density at radius 2 is 1.85 bits per heavy atom. The minimum atomic E-state index is -0.544. The van der Waals surface area contributed by atoms with E-state index in [9.17, 15) is 9.59 Å². The first-order chi connectivity index (χ1) is 19.9. The van der Waals surface area contributed by atoms with Crippen molar-refractivity contribution in [2.24, 2.45) is 5.73 Å². The first kappa shape index (κ1) is 26.0. The molecule has 212 valence electrons. The van der Waals surface area contributed by atoms with Gasteiger partial charge in [0.25, 0.3) is 5.91 Å². The van der Waals surface area contributed by atoms with Crippen molar-refractivity contribution in [3.05, 3.63) is 70.3 Å². The first-order valence-corrected chi connectivity index (χ1v) is 14.5. The van der Waals surface area contributed by atoms with Gasteiger partial charge in [-0.1, -0.05) is 24.3 Å². The molecule has 1 amide bonds. The van der Waals surface area contributed by atoms with Gasteiger partial charge < -0.3 is 30.2 Å². The van der Waals surface area contributed by atoms with Gasteiger partial charge in [-0.25, -0.2) is 4.39 Å². The fourth-order valence-corrected chi connectivity index (χ4v) is 6.66. The van der Waals surface area contributed by atoms with E-state index in [1.807, 2.05) is 45.9 Å². The largest absolute Gasteiger partial charge is 0.451 e. The van der Waals surface area contributed by atoms with Crippen LogP contribution < -0.4 is 26.1 Å². The highest BCUT2D eigenvalue weighted by molar-refractivity contribution is 6.02. The average Bonchev–Trinajstić information content (AvgIpc) is 3.38. The number of benzene rings is 3. The van der Waals surface area contributed by atoms with Gasteiger partial charge in [0.2, 0.25) is 5.43 Å². The Balaban J connectivity index is 1.37. The molecule has 4 aromatic rings. The van der Waals surface area contributed by atoms with E-state index in [1.54, 1.807) is 6.20 Å². The second-order valence-corrected chi connectivity index (χ2v) is 11.6. The fraction of sp³-hybridized carbons (Fsp3) is 0.375. The summed E-state index contributed by atoms with van der Waals surface area (Å²) < 4.78 is 24.2. The van der Waals surface area contributed by atoms with Crippen molar-refractivity contribution in [1.82, 2.24) is 14.8 Å². The number of piperidine rings is 1. The number of halogens is 1. The summed E-state index contributed by atoms with van der Waals surface area (Å²) in [4.78, 5) is 31.4. The van der Waals surface area contributed by atoms with Crippen molar-refractivity contribution < 1.29 is 13.9 Å². The molecule has 0 aliphatic carbocycles. The molecular formula is C32H34FN5O3. The Labute approximate surface area is 237 Å². The van der Waals surface area contributed by atoms with E-state index < -0.39 is 17.2 Å². The molecule has 9 heteroatoms. The van der Waals surface area contributed by atoms with Crippen LogP contribution in [-0.2, 0) is 0 Å². The maximum atomic E-state index is 16.0. The van der Waals surface area contributed by atoms with E-state index in [4.69, 9.17) is 10.5 Å². The molecule has 2 fully saturated rings. The number of anilines is 1. The van der Waals surface area contributed by atoms with Gasteiger partial charge in [-0.3, -0.25) is 9.59 Å². The van der Waals surface area contributed by atoms with E-state index in [1.165, 1.54) is 6.07 Å². The predicted molar refractivity (Wildman–Crippen MR) is 159 cm³/mol. The Morgan fingerprint density at radius 1 is 1.10 bits per heavy atom. The van der Waals surface area contributed by atoms with Gasteiger partial charge in [0, 0.05) is 37.9 Å². The van der Waals surface area contributed by atoms with Crippen LogP contribution in [0.4, 0.5) is 10.1 Å². The summed E-state index contributed by atoms with van der Waals surface area (Å²) in [5, 5.41) is 5.04. The summed E-state index contributed by atoms with van der Waals surface area (Å²) in [5.41, 5.74) is 7.10. The number of carbonyl (C=O) groups is 1. The van der Waals surface area contributed by atoms with Crippen LogP contribution in [0.5, 0.6) is 11.5 Å². The number of hydrogen-bond donors (Lipinski definition) is 2. The highest BCUT2D eigenvalue weighted by atomic mass is 19.1. The SMILES string of the molecule is CN1CCCC1CCNC(=O)c1cn2c3c(c(N4CCC(N)CC4)c(F)cc3c1=O)Oc1cc3ccccc3cc1-2. The lowest BCUT2D eigenvalue weighted by molar-refractivity contribution is 0.0949. The highest BCUT2D eigenvalue weighted by Crippen LogP contribution is 2.47. The molecule has 3 aliphatic rings. The number of nitrogens with two attached hydrogens (primary N) is 1. The Morgan fingerprint density at radius 3 is 2.59 bits per heavy atom. The molecule has 3 aliphatic heterocycles. The Kier molecular flexibility index (Phi) is 6.43. The van der Waals surface area contributed by atoms with Crippen LogP contribution in [0.3, 0.4) is 0 Å². The lowest BCUT2D eigenvalue weighted by atomic mass is 10.0. The van der Waals surface area contributed by atoms with Crippen molar-refractivity contribution >= 4 is 33.3 Å². The summed E-state index contributed by atoms with van der Waals surface area (Å²) in [7, 11) is 2.10. The van der Waals surface area contributed by atoms with Crippen molar-refractivity contribution in [2.45, 2.75) is 44.2 Å². The molecular weight excluding hydrogens is 521 g/mol. The number of nitrogens with zero attached hydrogens (tertiary/aromatic N) is 3. The number of rotatable bonds is 5. The number of likely N-dealkylation sites (tertiary alicyclic amines) is 1. The second-order valence-electron chi connectivity index (χ2n) is 11.6. The van der Waals surface area contributed by atoms with Crippen LogP contribution in [0.25, 0.3) is 27.4 Å². The molecule has 3 N–H and O–H groups in total. The summed E-state index contributed by atoms with van der Waals surface area (Å²) >= 11 is 0. The van der Waals surface area contributed by atoms with Crippen LogP contribution in [0, 0.1) is 5.82 Å². The van der Waals surface area contributed by atoms with E-state index in [0.717, 1.165) is 49.4 Å². The third kappa shape index (κ3) is 4.44. The number of amides is 1. The van der Waals surface area contributed by atoms with Gasteiger partial charge in [0.1, 0.15) is 16.8 Å². The molecule has 8 nitrogen and oxygen atoms in total. The average molecular weight is 556 g/mol. The minimum Gasteiger partial charge on any atom is -0.451 e. The molecule has 1 atom stereocenters. The maximum absolute atomic E-state index is 16.0. The number of ether oxygens (including phenoxy) is 1. The molecule has 41 heavy (non-hydrogen) atoms. The second kappa shape index (κ2) is 10.2. The lowest BCUT2D eigenvalue weighted by Gasteiger charge is -2.35. The smallest absolute Gasteiger partial charge is 0.256 e. The summed E-state index contributed by atoms with van der Waals surface area (Å²) in [6.45, 7) is 2.70. The summed E-state index contributed by atoms with van der Waals surface area (Å²) in [6.07, 6.45) is 6.14. The molecule has 0 spiro atoms. The molecule has 0 radical (unpaired) electrons. The number of carbonyl (C=O) groups excluding carboxylic acids is 1. The molecule has 1 unspecified atom stereocenters. The Bertz CT molecular complexity index is 1740. The summed E-state index contributed by atoms with van der Waals surface area (Å²) in [5.74, 6) is -0.159. The lowest BCUT2D eigenvalue weighted by Crippen LogP contribution is -2.40. The van der Waals surface area contributed by atoms with Gasteiger partial charge in [-0.05, 0) is 74.7 Å². The molecule has 7 rings (SSSR count). The van der Waals surface area contributed by atoms with E-state index in [2.05, 4.69) is 17.3 Å². The van der Waals surface area contributed by atoms with Crippen molar-refractivity contribution in [3.63, 3.8) is 0 Å². The van der Waals surface area contributed by atoms with Crippen LogP contribution >= 0.6 is 0 Å². The van der Waals surface area contributed by atoms with Crippen molar-refractivity contribution in [2.75, 3.05) is 38.1 Å². The van der Waals surface area contributed by atoms with E-state index >= 15 is 4.39 Å². The van der Waals surface area contributed by atoms with Gasteiger partial charge in [-0.2, -0.15) is 0 Å². The molecule has 2 saturated heterocycles. The monoisotopic (exact) mass is 555 g/mol. The summed E-state index contributed by atoms with van der Waals surface area (Å²) in [6, 6.07) is 13.6. The van der Waals surface area contributed by atoms with Gasteiger partial charge in [0.05, 0.1) is 11.1 Å². The van der Waals surface area contributed by atoms with Gasteiger partial charge in [0.15, 0.2) is 17.3 Å². The maximum Gasteiger partial charge on any atom is 0.256 e. The van der Waals surface area contributed by atoms with E-state index in [-0.39, 0.29) is 17.0 Å². The van der Waals surface area contributed by atoms with Gasteiger partial charge in [-0.15, -0.1) is 0 Å². The molecule has 1 aromatic heterocycles. The molecule has 0 bridgehead atoms. The zero-order chi connectivity index (χ0) is 28.2. The number of pyridine rings is 1. The number of fused-ring (bicyclic) bond motifs is 3. The third-order valence-electron chi connectivity index (χ3n) is 9.00. The fourth-order valence-electron chi connectivity index (χ4n) is 6.66. The zero-order valence-electron chi connectivity index (χ0n) is 23.2. The van der Waals surface area contributed by atoms with Gasteiger partial charge >= 0.3 is 0 Å². The van der Waals surface area contributed by atoms with Crippen LogP contribution in [0.15, 0.2) is 53.5 Å². The normalized spacial score (nSPS) is 19.0. The van der Waals surface area contributed by atoms with Crippen molar-refractivity contribution in [3.8, 4) is 17.2 Å². The topological polar surface area (TPSA) is 92.8 Å².